The monoisotopic (exact) mass is 285 g/mol. The van der Waals surface area contributed by atoms with Crippen molar-refractivity contribution < 1.29 is 0 Å². The molecular formula is C20H31N. The van der Waals surface area contributed by atoms with Crippen LogP contribution in [0.15, 0.2) is 30.3 Å². The highest BCUT2D eigenvalue weighted by molar-refractivity contribution is 5.29. The highest BCUT2D eigenvalue weighted by atomic mass is 14.9. The summed E-state index contributed by atoms with van der Waals surface area (Å²) in [6.07, 6.45) is 12.8. The third-order valence-corrected chi connectivity index (χ3v) is 6.01. The lowest BCUT2D eigenvalue weighted by Gasteiger charge is -2.47. The van der Waals surface area contributed by atoms with E-state index < -0.39 is 0 Å². The molecule has 0 bridgehead atoms. The van der Waals surface area contributed by atoms with Gasteiger partial charge in [-0.3, -0.25) is 0 Å². The zero-order chi connectivity index (χ0) is 14.5. The fraction of sp³-hybridized carbons (Fsp3) is 0.700. The Labute approximate surface area is 130 Å². The lowest BCUT2D eigenvalue weighted by molar-refractivity contribution is 0.161. The second-order valence-electron chi connectivity index (χ2n) is 7.23. The molecule has 116 valence electrons. The third-order valence-electron chi connectivity index (χ3n) is 6.01. The Hall–Kier alpha value is -0.820. The van der Waals surface area contributed by atoms with Crippen molar-refractivity contribution in [1.29, 1.82) is 0 Å². The third kappa shape index (κ3) is 3.18. The minimum Gasteiger partial charge on any atom is -0.313 e. The predicted octanol–water partition coefficient (Wildman–Crippen LogP) is 5.06. The van der Waals surface area contributed by atoms with Gasteiger partial charge in [0.05, 0.1) is 0 Å². The molecule has 0 spiro atoms. The summed E-state index contributed by atoms with van der Waals surface area (Å²) < 4.78 is 0. The molecule has 0 radical (unpaired) electrons. The van der Waals surface area contributed by atoms with E-state index in [2.05, 4.69) is 42.6 Å². The van der Waals surface area contributed by atoms with Crippen LogP contribution in [0.2, 0.25) is 0 Å². The first-order valence-corrected chi connectivity index (χ1v) is 9.14. The van der Waals surface area contributed by atoms with Gasteiger partial charge in [-0.05, 0) is 37.3 Å². The van der Waals surface area contributed by atoms with Crippen LogP contribution < -0.4 is 5.32 Å². The Morgan fingerprint density at radius 1 is 1.05 bits per heavy atom. The Kier molecular flexibility index (Phi) is 5.00. The van der Waals surface area contributed by atoms with Gasteiger partial charge in [-0.25, -0.2) is 0 Å². The molecule has 1 aromatic rings. The van der Waals surface area contributed by atoms with Crippen molar-refractivity contribution in [1.82, 2.24) is 5.32 Å². The van der Waals surface area contributed by atoms with Crippen LogP contribution >= 0.6 is 0 Å². The second-order valence-corrected chi connectivity index (χ2v) is 7.23. The lowest BCUT2D eigenvalue weighted by Crippen LogP contribution is -2.51. The molecule has 1 aromatic carbocycles. The van der Waals surface area contributed by atoms with Gasteiger partial charge in [0.15, 0.2) is 0 Å². The quantitative estimate of drug-likeness (QED) is 0.770. The van der Waals surface area contributed by atoms with Crippen molar-refractivity contribution in [2.24, 2.45) is 5.92 Å². The van der Waals surface area contributed by atoms with E-state index in [1.165, 1.54) is 57.8 Å². The van der Waals surface area contributed by atoms with Crippen molar-refractivity contribution in [2.45, 2.75) is 76.2 Å². The molecule has 2 fully saturated rings. The van der Waals surface area contributed by atoms with Crippen LogP contribution in [-0.4, -0.2) is 12.6 Å². The van der Waals surface area contributed by atoms with Crippen LogP contribution in [0.25, 0.3) is 0 Å². The van der Waals surface area contributed by atoms with Crippen molar-refractivity contribution in [3.05, 3.63) is 35.9 Å². The van der Waals surface area contributed by atoms with Gasteiger partial charge in [0, 0.05) is 11.5 Å². The summed E-state index contributed by atoms with van der Waals surface area (Å²) in [6, 6.07) is 12.1. The molecule has 0 amide bonds. The van der Waals surface area contributed by atoms with Crippen LogP contribution in [-0.2, 0) is 5.41 Å². The molecule has 1 atom stereocenters. The highest BCUT2D eigenvalue weighted by Crippen LogP contribution is 2.45. The summed E-state index contributed by atoms with van der Waals surface area (Å²) in [7, 11) is 0. The molecule has 1 nitrogen and oxygen atoms in total. The SMILES string of the molecule is CCNC(CC1CCC1)C1(c2ccccc2)CCCCC1. The predicted molar refractivity (Wildman–Crippen MR) is 90.6 cm³/mol. The van der Waals surface area contributed by atoms with E-state index in [0.717, 1.165) is 12.5 Å². The maximum atomic E-state index is 3.89. The molecule has 0 aliphatic heterocycles. The normalized spacial score (nSPS) is 23.5. The maximum absolute atomic E-state index is 3.89. The van der Waals surface area contributed by atoms with E-state index in [-0.39, 0.29) is 0 Å². The van der Waals surface area contributed by atoms with E-state index in [1.807, 2.05) is 0 Å². The van der Waals surface area contributed by atoms with Gasteiger partial charge in [-0.2, -0.15) is 0 Å². The van der Waals surface area contributed by atoms with E-state index in [0.29, 0.717) is 11.5 Å². The average Bonchev–Trinajstić information content (AvgIpc) is 2.51. The number of rotatable bonds is 6. The Morgan fingerprint density at radius 2 is 1.76 bits per heavy atom. The van der Waals surface area contributed by atoms with Gasteiger partial charge in [0.2, 0.25) is 0 Å². The number of nitrogens with one attached hydrogen (secondary N) is 1. The first-order valence-electron chi connectivity index (χ1n) is 9.14. The average molecular weight is 285 g/mol. The van der Waals surface area contributed by atoms with Crippen LogP contribution in [0.5, 0.6) is 0 Å². The molecule has 1 N–H and O–H groups in total. The highest BCUT2D eigenvalue weighted by Gasteiger charge is 2.42. The molecular weight excluding hydrogens is 254 g/mol. The summed E-state index contributed by atoms with van der Waals surface area (Å²) in [5.41, 5.74) is 1.99. The van der Waals surface area contributed by atoms with Gasteiger partial charge in [0.25, 0.3) is 0 Å². The lowest BCUT2D eigenvalue weighted by atomic mass is 9.62. The van der Waals surface area contributed by atoms with E-state index in [9.17, 15) is 0 Å². The summed E-state index contributed by atoms with van der Waals surface area (Å²) in [5.74, 6) is 0.983. The standard InChI is InChI=1S/C20H31N/c1-2-21-19(16-17-10-9-11-17)20(14-7-4-8-15-20)18-12-5-3-6-13-18/h3,5-6,12-13,17,19,21H,2,4,7-11,14-16H2,1H3. The van der Waals surface area contributed by atoms with Gasteiger partial charge >= 0.3 is 0 Å². The van der Waals surface area contributed by atoms with Crippen molar-refractivity contribution >= 4 is 0 Å². The fourth-order valence-corrected chi connectivity index (χ4v) is 4.60. The molecule has 3 rings (SSSR count). The Morgan fingerprint density at radius 3 is 2.33 bits per heavy atom. The largest absolute Gasteiger partial charge is 0.313 e. The second kappa shape index (κ2) is 6.96. The smallest absolute Gasteiger partial charge is 0.0166 e. The van der Waals surface area contributed by atoms with E-state index in [1.54, 1.807) is 5.56 Å². The molecule has 21 heavy (non-hydrogen) atoms. The fourth-order valence-electron chi connectivity index (χ4n) is 4.60. The van der Waals surface area contributed by atoms with Crippen LogP contribution in [0.3, 0.4) is 0 Å². The summed E-state index contributed by atoms with van der Waals surface area (Å²) >= 11 is 0. The molecule has 1 heteroatoms. The topological polar surface area (TPSA) is 12.0 Å². The number of hydrogen-bond acceptors (Lipinski definition) is 1. The van der Waals surface area contributed by atoms with Crippen LogP contribution in [0.1, 0.15) is 70.3 Å². The van der Waals surface area contributed by atoms with E-state index >= 15 is 0 Å². The summed E-state index contributed by atoms with van der Waals surface area (Å²) in [6.45, 7) is 3.38. The number of hydrogen-bond donors (Lipinski definition) is 1. The number of benzene rings is 1. The first kappa shape index (κ1) is 15.1. The molecule has 0 saturated heterocycles. The van der Waals surface area contributed by atoms with Crippen LogP contribution in [0.4, 0.5) is 0 Å². The first-order chi connectivity index (χ1) is 10.3. The summed E-state index contributed by atoms with van der Waals surface area (Å²) in [5, 5.41) is 3.89. The molecule has 2 aliphatic carbocycles. The minimum absolute atomic E-state index is 0.394. The molecule has 2 saturated carbocycles. The van der Waals surface area contributed by atoms with E-state index in [4.69, 9.17) is 0 Å². The van der Waals surface area contributed by atoms with Gasteiger partial charge in [-0.15, -0.1) is 0 Å². The molecule has 0 aromatic heterocycles. The zero-order valence-electron chi connectivity index (χ0n) is 13.6. The molecule has 2 aliphatic rings. The zero-order valence-corrected chi connectivity index (χ0v) is 13.6. The van der Waals surface area contributed by atoms with Crippen molar-refractivity contribution in [3.8, 4) is 0 Å². The van der Waals surface area contributed by atoms with Crippen molar-refractivity contribution in [3.63, 3.8) is 0 Å². The Balaban J connectivity index is 1.87. The minimum atomic E-state index is 0.394. The molecule has 1 unspecified atom stereocenters. The Bertz CT molecular complexity index is 415. The maximum Gasteiger partial charge on any atom is 0.0166 e. The summed E-state index contributed by atoms with van der Waals surface area (Å²) in [4.78, 5) is 0. The van der Waals surface area contributed by atoms with Gasteiger partial charge in [0.1, 0.15) is 0 Å². The number of likely N-dealkylation sites (N-methyl/N-ethyl adjacent to an activating group) is 1. The van der Waals surface area contributed by atoms with Crippen molar-refractivity contribution in [2.75, 3.05) is 6.54 Å². The van der Waals surface area contributed by atoms with Gasteiger partial charge in [-0.1, -0.05) is 75.8 Å². The molecule has 0 heterocycles. The van der Waals surface area contributed by atoms with Crippen LogP contribution in [0, 0.1) is 5.92 Å². The van der Waals surface area contributed by atoms with Gasteiger partial charge < -0.3 is 5.32 Å².